The van der Waals surface area contributed by atoms with Gasteiger partial charge in [-0.25, -0.2) is 9.79 Å². The highest BCUT2D eigenvalue weighted by Crippen LogP contribution is 2.38. The summed E-state index contributed by atoms with van der Waals surface area (Å²) >= 11 is 3.23. The summed E-state index contributed by atoms with van der Waals surface area (Å²) in [5.41, 5.74) is 1.51. The Morgan fingerprint density at radius 2 is 1.82 bits per heavy atom. The summed E-state index contributed by atoms with van der Waals surface area (Å²) in [5, 5.41) is 0. The molecule has 2 heterocycles. The lowest BCUT2D eigenvalue weighted by atomic mass is 9.94. The van der Waals surface area contributed by atoms with Gasteiger partial charge >= 0.3 is 11.9 Å². The van der Waals surface area contributed by atoms with Gasteiger partial charge in [0.1, 0.15) is 17.5 Å². The molecule has 0 spiro atoms. The van der Waals surface area contributed by atoms with E-state index in [2.05, 4.69) is 4.99 Å². The molecule has 12 heteroatoms. The molecule has 0 amide bonds. The molecule has 0 saturated carbocycles. The first-order chi connectivity index (χ1) is 19.1. The van der Waals surface area contributed by atoms with E-state index in [-0.39, 0.29) is 17.7 Å². The lowest BCUT2D eigenvalue weighted by molar-refractivity contribution is -0.139. The van der Waals surface area contributed by atoms with Gasteiger partial charge in [0.15, 0.2) is 16.3 Å². The number of hydrogen-bond donors (Lipinski definition) is 0. The second kappa shape index (κ2) is 12.3. The van der Waals surface area contributed by atoms with Crippen LogP contribution < -0.4 is 33.8 Å². The van der Waals surface area contributed by atoms with Crippen molar-refractivity contribution in [3.05, 3.63) is 76.0 Å². The van der Waals surface area contributed by atoms with Crippen molar-refractivity contribution in [3.8, 4) is 23.0 Å². The smallest absolute Gasteiger partial charge is 0.338 e. The number of aromatic nitrogens is 1. The molecule has 0 unspecified atom stereocenters. The standard InChI is InChI=1S/C28H27IN2O8S/c1-7-38-27(34)23-14(2)30-28-31(24(23)18-13-17(35-4)8-9-20(18)36-5)26(33)22(40-28)12-16-10-19(29)25(39-15(3)32)21(11-16)37-6/h8-13,24H,7H2,1-6H3/b22-12-/t24-/m1/s1. The second-order valence-corrected chi connectivity index (χ2v) is 10.7. The maximum absolute atomic E-state index is 14.0. The minimum Gasteiger partial charge on any atom is -0.497 e. The van der Waals surface area contributed by atoms with Crippen LogP contribution >= 0.6 is 33.9 Å². The Labute approximate surface area is 247 Å². The van der Waals surface area contributed by atoms with Gasteiger partial charge in [0.25, 0.3) is 5.56 Å². The average Bonchev–Trinajstić information content (AvgIpc) is 3.22. The number of nitrogens with zero attached hydrogens (tertiary/aromatic N) is 2. The van der Waals surface area contributed by atoms with Gasteiger partial charge in [0.05, 0.1) is 47.3 Å². The molecule has 0 N–H and O–H groups in total. The predicted octanol–water partition coefficient (Wildman–Crippen LogP) is 3.35. The molecule has 1 aliphatic rings. The van der Waals surface area contributed by atoms with Crippen LogP contribution in [0.2, 0.25) is 0 Å². The van der Waals surface area contributed by atoms with E-state index in [0.29, 0.717) is 52.7 Å². The van der Waals surface area contributed by atoms with Crippen LogP contribution in [0.3, 0.4) is 0 Å². The molecule has 0 bridgehead atoms. The van der Waals surface area contributed by atoms with Gasteiger partial charge < -0.3 is 23.7 Å². The third-order valence-electron chi connectivity index (χ3n) is 6.04. The highest BCUT2D eigenvalue weighted by molar-refractivity contribution is 14.1. The molecule has 1 aliphatic heterocycles. The number of esters is 2. The molecule has 1 aromatic heterocycles. The van der Waals surface area contributed by atoms with E-state index in [4.69, 9.17) is 23.7 Å². The molecule has 0 aliphatic carbocycles. The van der Waals surface area contributed by atoms with E-state index in [0.717, 1.165) is 0 Å². The molecule has 40 heavy (non-hydrogen) atoms. The molecule has 0 saturated heterocycles. The summed E-state index contributed by atoms with van der Waals surface area (Å²) < 4.78 is 29.6. The number of methoxy groups -OCH3 is 3. The molecule has 4 rings (SSSR count). The zero-order valence-corrected chi connectivity index (χ0v) is 25.7. The molecule has 1 atom stereocenters. The second-order valence-electron chi connectivity index (χ2n) is 8.54. The topological polar surface area (TPSA) is 115 Å². The Hall–Kier alpha value is -3.65. The number of halogens is 1. The molecule has 3 aromatic rings. The summed E-state index contributed by atoms with van der Waals surface area (Å²) in [6.07, 6.45) is 1.70. The van der Waals surface area contributed by atoms with Crippen LogP contribution in [-0.2, 0) is 14.3 Å². The molecule has 0 fully saturated rings. The van der Waals surface area contributed by atoms with Crippen molar-refractivity contribution in [2.75, 3.05) is 27.9 Å². The van der Waals surface area contributed by atoms with Crippen molar-refractivity contribution in [2.24, 2.45) is 4.99 Å². The van der Waals surface area contributed by atoms with Crippen LogP contribution in [0.5, 0.6) is 23.0 Å². The molecule has 0 radical (unpaired) electrons. The Kier molecular flexibility index (Phi) is 8.98. The Balaban J connectivity index is 1.98. The number of carbonyl (C=O) groups excluding carboxylic acids is 2. The minimum atomic E-state index is -0.872. The Morgan fingerprint density at radius 1 is 1.10 bits per heavy atom. The van der Waals surface area contributed by atoms with Gasteiger partial charge in [-0.05, 0) is 78.4 Å². The number of thiazole rings is 1. The molecule has 10 nitrogen and oxygen atoms in total. The molecular weight excluding hydrogens is 651 g/mol. The number of fused-ring (bicyclic) bond motifs is 1. The predicted molar refractivity (Wildman–Crippen MR) is 157 cm³/mol. The fraction of sp³-hybridized carbons (Fsp3) is 0.286. The summed E-state index contributed by atoms with van der Waals surface area (Å²) in [6.45, 7) is 4.90. The maximum Gasteiger partial charge on any atom is 0.338 e. The van der Waals surface area contributed by atoms with E-state index in [1.54, 1.807) is 50.3 Å². The van der Waals surface area contributed by atoms with Crippen molar-refractivity contribution < 1.29 is 33.3 Å². The number of carbonyl (C=O) groups is 2. The number of rotatable bonds is 8. The Bertz CT molecular complexity index is 1710. The lowest BCUT2D eigenvalue weighted by Crippen LogP contribution is -2.40. The number of allylic oxidation sites excluding steroid dienone is 1. The zero-order valence-electron chi connectivity index (χ0n) is 22.7. The monoisotopic (exact) mass is 678 g/mol. The summed E-state index contributed by atoms with van der Waals surface area (Å²) in [5.74, 6) is 0.600. The molecular formula is C28H27IN2O8S. The van der Waals surface area contributed by atoms with Crippen LogP contribution in [0.4, 0.5) is 0 Å². The normalized spacial score (nSPS) is 14.8. The van der Waals surface area contributed by atoms with Crippen LogP contribution in [0, 0.1) is 3.57 Å². The van der Waals surface area contributed by atoms with Crippen molar-refractivity contribution >= 4 is 51.9 Å². The first-order valence-electron chi connectivity index (χ1n) is 12.1. The summed E-state index contributed by atoms with van der Waals surface area (Å²) in [4.78, 5) is 43.7. The number of hydrogen-bond acceptors (Lipinski definition) is 10. The zero-order chi connectivity index (χ0) is 29.1. The van der Waals surface area contributed by atoms with Gasteiger partial charge in [0.2, 0.25) is 0 Å². The van der Waals surface area contributed by atoms with Crippen molar-refractivity contribution in [1.82, 2.24) is 4.57 Å². The van der Waals surface area contributed by atoms with E-state index in [1.165, 1.54) is 44.2 Å². The van der Waals surface area contributed by atoms with Gasteiger partial charge in [-0.1, -0.05) is 11.3 Å². The minimum absolute atomic E-state index is 0.159. The van der Waals surface area contributed by atoms with Gasteiger partial charge in [0, 0.05) is 12.5 Å². The van der Waals surface area contributed by atoms with E-state index in [9.17, 15) is 14.4 Å². The van der Waals surface area contributed by atoms with Crippen molar-refractivity contribution in [3.63, 3.8) is 0 Å². The molecule has 210 valence electrons. The van der Waals surface area contributed by atoms with Gasteiger partial charge in [-0.3, -0.25) is 14.2 Å². The van der Waals surface area contributed by atoms with E-state index in [1.807, 2.05) is 22.6 Å². The highest BCUT2D eigenvalue weighted by Gasteiger charge is 2.35. The fourth-order valence-corrected chi connectivity index (χ4v) is 6.14. The average molecular weight is 679 g/mol. The van der Waals surface area contributed by atoms with Crippen molar-refractivity contribution in [2.45, 2.75) is 26.8 Å². The first kappa shape index (κ1) is 29.3. The molecule has 2 aromatic carbocycles. The first-order valence-corrected chi connectivity index (χ1v) is 14.0. The van der Waals surface area contributed by atoms with Crippen LogP contribution in [-0.4, -0.2) is 44.4 Å². The third-order valence-corrected chi connectivity index (χ3v) is 7.83. The fourth-order valence-electron chi connectivity index (χ4n) is 4.36. The largest absolute Gasteiger partial charge is 0.497 e. The highest BCUT2D eigenvalue weighted by atomic mass is 127. The maximum atomic E-state index is 14.0. The van der Waals surface area contributed by atoms with Crippen LogP contribution in [0.15, 0.2) is 51.4 Å². The summed E-state index contributed by atoms with van der Waals surface area (Å²) in [7, 11) is 4.52. The SMILES string of the molecule is CCOC(=O)C1=C(C)N=c2s/c(=C\c3cc(I)c(OC(C)=O)c(OC)c3)c(=O)n2[C@@H]1c1cc(OC)ccc1OC. The number of benzene rings is 2. The van der Waals surface area contributed by atoms with Crippen molar-refractivity contribution in [1.29, 1.82) is 0 Å². The van der Waals surface area contributed by atoms with E-state index < -0.39 is 18.0 Å². The quantitative estimate of drug-likeness (QED) is 0.203. The third kappa shape index (κ3) is 5.63. The lowest BCUT2D eigenvalue weighted by Gasteiger charge is -2.26. The van der Waals surface area contributed by atoms with Gasteiger partial charge in [-0.15, -0.1) is 0 Å². The Morgan fingerprint density at radius 3 is 2.45 bits per heavy atom. The van der Waals surface area contributed by atoms with Crippen LogP contribution in [0.1, 0.15) is 37.9 Å². The summed E-state index contributed by atoms with van der Waals surface area (Å²) in [6, 6.07) is 7.78. The van der Waals surface area contributed by atoms with E-state index >= 15 is 0 Å². The van der Waals surface area contributed by atoms with Gasteiger partial charge in [-0.2, -0.15) is 0 Å². The van der Waals surface area contributed by atoms with Crippen LogP contribution in [0.25, 0.3) is 6.08 Å². The number of ether oxygens (including phenoxy) is 5.